The van der Waals surface area contributed by atoms with Gasteiger partial charge in [-0.1, -0.05) is 17.7 Å². The van der Waals surface area contributed by atoms with Crippen molar-refractivity contribution >= 4 is 33.1 Å². The molecule has 0 N–H and O–H groups in total. The zero-order chi connectivity index (χ0) is 24.7. The van der Waals surface area contributed by atoms with E-state index in [1.54, 1.807) is 35.7 Å². The molecule has 0 spiro atoms. The Hall–Kier alpha value is -3.07. The normalized spacial score (nSPS) is 18.1. The Bertz CT molecular complexity index is 1410. The second kappa shape index (κ2) is 9.18. The SMILES string of the molecule is COc1ccc2c(c1)C(N1CCN(S(=O)(=O)c3ccc(Cl)cc3)C(C)C1)=Nc1ccc(C)cc1O2. The lowest BCUT2D eigenvalue weighted by molar-refractivity contribution is 0.205. The number of ether oxygens (including phenoxy) is 2. The molecule has 0 radical (unpaired) electrons. The number of nitrogens with zero attached hydrogens (tertiary/aromatic N) is 3. The number of hydrogen-bond donors (Lipinski definition) is 0. The van der Waals surface area contributed by atoms with Gasteiger partial charge in [-0.25, -0.2) is 13.4 Å². The van der Waals surface area contributed by atoms with Crippen LogP contribution in [0.5, 0.6) is 17.2 Å². The molecule has 2 aliphatic rings. The van der Waals surface area contributed by atoms with Crippen molar-refractivity contribution in [1.82, 2.24) is 9.21 Å². The number of sulfonamides is 1. The van der Waals surface area contributed by atoms with E-state index in [1.165, 1.54) is 0 Å². The molecule has 0 saturated carbocycles. The molecular formula is C26H26ClN3O4S. The van der Waals surface area contributed by atoms with Crippen molar-refractivity contribution in [3.8, 4) is 17.2 Å². The summed E-state index contributed by atoms with van der Waals surface area (Å²) < 4.78 is 39.9. The van der Waals surface area contributed by atoms with Crippen molar-refractivity contribution in [1.29, 1.82) is 0 Å². The Morgan fingerprint density at radius 1 is 1.03 bits per heavy atom. The lowest BCUT2D eigenvalue weighted by Crippen LogP contribution is -2.55. The molecule has 1 saturated heterocycles. The number of fused-ring (bicyclic) bond motifs is 2. The van der Waals surface area contributed by atoms with Crippen molar-refractivity contribution in [3.63, 3.8) is 0 Å². The minimum Gasteiger partial charge on any atom is -0.497 e. The molecule has 9 heteroatoms. The van der Waals surface area contributed by atoms with Gasteiger partial charge in [0.1, 0.15) is 23.0 Å². The van der Waals surface area contributed by atoms with Crippen molar-refractivity contribution in [2.24, 2.45) is 4.99 Å². The van der Waals surface area contributed by atoms with Crippen LogP contribution in [-0.2, 0) is 10.0 Å². The van der Waals surface area contributed by atoms with Crippen molar-refractivity contribution in [2.75, 3.05) is 26.7 Å². The average molecular weight is 512 g/mol. The van der Waals surface area contributed by atoms with E-state index in [9.17, 15) is 8.42 Å². The Morgan fingerprint density at radius 3 is 2.51 bits per heavy atom. The lowest BCUT2D eigenvalue weighted by Gasteiger charge is -2.40. The molecule has 7 nitrogen and oxygen atoms in total. The first-order valence-electron chi connectivity index (χ1n) is 11.3. The molecule has 0 bridgehead atoms. The molecule has 1 atom stereocenters. The van der Waals surface area contributed by atoms with E-state index >= 15 is 0 Å². The summed E-state index contributed by atoms with van der Waals surface area (Å²) in [6.45, 7) is 5.21. The maximum atomic E-state index is 13.3. The van der Waals surface area contributed by atoms with Gasteiger partial charge in [-0.15, -0.1) is 0 Å². The summed E-state index contributed by atoms with van der Waals surface area (Å²) in [6.07, 6.45) is 0. The van der Waals surface area contributed by atoms with Crippen LogP contribution in [0.25, 0.3) is 0 Å². The molecule has 3 aromatic carbocycles. The summed E-state index contributed by atoms with van der Waals surface area (Å²) in [7, 11) is -2.03. The minimum absolute atomic E-state index is 0.238. The van der Waals surface area contributed by atoms with Gasteiger partial charge in [-0.3, -0.25) is 0 Å². The molecular weight excluding hydrogens is 486 g/mol. The number of methoxy groups -OCH3 is 1. The molecule has 0 amide bonds. The van der Waals surface area contributed by atoms with Gasteiger partial charge in [0, 0.05) is 30.7 Å². The van der Waals surface area contributed by atoms with Crippen LogP contribution in [0.4, 0.5) is 5.69 Å². The molecule has 2 aliphatic heterocycles. The highest BCUT2D eigenvalue weighted by Crippen LogP contribution is 2.40. The van der Waals surface area contributed by atoms with E-state index in [4.69, 9.17) is 26.1 Å². The summed E-state index contributed by atoms with van der Waals surface area (Å²) in [4.78, 5) is 7.35. The van der Waals surface area contributed by atoms with Gasteiger partial charge >= 0.3 is 0 Å². The standard InChI is InChI=1S/C26H26ClN3O4S/c1-17-4-10-23-25(14-17)34-24-11-7-20(33-3)15-22(24)26(28-23)29-12-13-30(18(2)16-29)35(31,32)21-8-5-19(27)6-9-21/h4-11,14-15,18H,12-13,16H2,1-3H3. The minimum atomic E-state index is -3.65. The highest BCUT2D eigenvalue weighted by atomic mass is 35.5. The average Bonchev–Trinajstić information content (AvgIpc) is 2.99. The Balaban J connectivity index is 1.50. The largest absolute Gasteiger partial charge is 0.497 e. The van der Waals surface area contributed by atoms with Gasteiger partial charge in [-0.05, 0) is 74.0 Å². The van der Waals surface area contributed by atoms with Crippen molar-refractivity contribution in [2.45, 2.75) is 24.8 Å². The van der Waals surface area contributed by atoms with E-state index in [0.29, 0.717) is 41.9 Å². The number of aryl methyl sites for hydroxylation is 1. The van der Waals surface area contributed by atoms with Crippen LogP contribution in [0.3, 0.4) is 0 Å². The van der Waals surface area contributed by atoms with Crippen LogP contribution in [0.2, 0.25) is 5.02 Å². The number of benzene rings is 3. The molecule has 1 unspecified atom stereocenters. The topological polar surface area (TPSA) is 71.4 Å². The van der Waals surface area contributed by atoms with Gasteiger partial charge in [0.2, 0.25) is 10.0 Å². The summed E-state index contributed by atoms with van der Waals surface area (Å²) in [5, 5.41) is 0.500. The number of amidine groups is 1. The fourth-order valence-electron chi connectivity index (χ4n) is 4.46. The second-order valence-electron chi connectivity index (χ2n) is 8.74. The monoisotopic (exact) mass is 511 g/mol. The fraction of sp³-hybridized carbons (Fsp3) is 0.269. The van der Waals surface area contributed by atoms with Gasteiger partial charge < -0.3 is 14.4 Å². The third-order valence-electron chi connectivity index (χ3n) is 6.28. The Kier molecular flexibility index (Phi) is 6.21. The molecule has 1 fully saturated rings. The summed E-state index contributed by atoms with van der Waals surface area (Å²) >= 11 is 5.95. The number of hydrogen-bond acceptors (Lipinski definition) is 6. The van der Waals surface area contributed by atoms with E-state index < -0.39 is 10.0 Å². The van der Waals surface area contributed by atoms with Crippen LogP contribution in [0, 0.1) is 6.92 Å². The molecule has 0 aliphatic carbocycles. The van der Waals surface area contributed by atoms with Crippen molar-refractivity contribution in [3.05, 3.63) is 76.8 Å². The zero-order valence-electron chi connectivity index (χ0n) is 19.7. The predicted octanol–water partition coefficient (Wildman–Crippen LogP) is 5.24. The highest BCUT2D eigenvalue weighted by Gasteiger charge is 2.36. The van der Waals surface area contributed by atoms with Gasteiger partial charge in [0.05, 0.1) is 17.6 Å². The summed E-state index contributed by atoms with van der Waals surface area (Å²) in [6, 6.07) is 17.6. The van der Waals surface area contributed by atoms with Crippen LogP contribution < -0.4 is 9.47 Å². The maximum Gasteiger partial charge on any atom is 0.243 e. The number of rotatable bonds is 3. The first-order chi connectivity index (χ1) is 16.8. The molecule has 2 heterocycles. The lowest BCUT2D eigenvalue weighted by atomic mass is 10.1. The third kappa shape index (κ3) is 4.49. The quantitative estimate of drug-likeness (QED) is 0.481. The van der Waals surface area contributed by atoms with E-state index in [-0.39, 0.29) is 10.9 Å². The Labute approximate surface area is 210 Å². The van der Waals surface area contributed by atoms with Crippen LogP contribution >= 0.6 is 11.6 Å². The molecule has 182 valence electrons. The fourth-order valence-corrected chi connectivity index (χ4v) is 6.20. The number of halogens is 1. The smallest absolute Gasteiger partial charge is 0.243 e. The first kappa shape index (κ1) is 23.7. The van der Waals surface area contributed by atoms with Gasteiger partial charge in [0.25, 0.3) is 0 Å². The molecule has 0 aromatic heterocycles. The Morgan fingerprint density at radius 2 is 1.80 bits per heavy atom. The van der Waals surface area contributed by atoms with E-state index in [2.05, 4.69) is 4.90 Å². The highest BCUT2D eigenvalue weighted by molar-refractivity contribution is 7.89. The first-order valence-corrected chi connectivity index (χ1v) is 13.2. The third-order valence-corrected chi connectivity index (χ3v) is 8.56. The van der Waals surface area contributed by atoms with E-state index in [0.717, 1.165) is 22.6 Å². The predicted molar refractivity (Wildman–Crippen MR) is 137 cm³/mol. The number of aliphatic imine (C=N–C) groups is 1. The molecule has 3 aromatic rings. The van der Waals surface area contributed by atoms with Crippen LogP contribution in [0.1, 0.15) is 18.1 Å². The number of piperazine rings is 1. The zero-order valence-corrected chi connectivity index (χ0v) is 21.3. The van der Waals surface area contributed by atoms with Gasteiger partial charge in [0.15, 0.2) is 5.75 Å². The summed E-state index contributed by atoms with van der Waals surface area (Å²) in [5.74, 6) is 2.79. The van der Waals surface area contributed by atoms with E-state index in [1.807, 2.05) is 50.2 Å². The molecule has 35 heavy (non-hydrogen) atoms. The van der Waals surface area contributed by atoms with Crippen molar-refractivity contribution < 1.29 is 17.9 Å². The van der Waals surface area contributed by atoms with Gasteiger partial charge in [-0.2, -0.15) is 4.31 Å². The molecule has 5 rings (SSSR count). The van der Waals surface area contributed by atoms with Crippen LogP contribution in [-0.4, -0.2) is 56.2 Å². The second-order valence-corrected chi connectivity index (χ2v) is 11.1. The summed E-state index contributed by atoms with van der Waals surface area (Å²) in [5.41, 5.74) is 2.61. The van der Waals surface area contributed by atoms with Crippen LogP contribution in [0.15, 0.2) is 70.6 Å². The maximum absolute atomic E-state index is 13.3.